The second-order valence-electron chi connectivity index (χ2n) is 5.80. The maximum Gasteiger partial charge on any atom is 0.229 e. The molecule has 0 aliphatic heterocycles. The molecule has 0 aliphatic carbocycles. The van der Waals surface area contributed by atoms with Gasteiger partial charge in [0.25, 0.3) is 0 Å². The molecule has 0 aromatic heterocycles. The van der Waals surface area contributed by atoms with Gasteiger partial charge in [-0.3, -0.25) is 9.52 Å². The molecule has 0 fully saturated rings. The van der Waals surface area contributed by atoms with Gasteiger partial charge >= 0.3 is 0 Å². The van der Waals surface area contributed by atoms with Crippen LogP contribution in [0.1, 0.15) is 12.0 Å². The highest BCUT2D eigenvalue weighted by atomic mass is 32.2. The predicted octanol–water partition coefficient (Wildman–Crippen LogP) is 2.79. The van der Waals surface area contributed by atoms with Crippen LogP contribution in [0.25, 0.3) is 0 Å². The van der Waals surface area contributed by atoms with E-state index in [4.69, 9.17) is 9.47 Å². The molecule has 0 radical (unpaired) electrons. The van der Waals surface area contributed by atoms with Crippen LogP contribution in [0.2, 0.25) is 0 Å². The van der Waals surface area contributed by atoms with Crippen molar-refractivity contribution in [2.24, 2.45) is 0 Å². The van der Waals surface area contributed by atoms with Gasteiger partial charge < -0.3 is 14.8 Å². The second-order valence-corrected chi connectivity index (χ2v) is 7.55. The molecule has 0 unspecified atom stereocenters. The second kappa shape index (κ2) is 8.72. The Kier molecular flexibility index (Phi) is 6.62. The number of aryl methyl sites for hydroxylation is 1. The van der Waals surface area contributed by atoms with Gasteiger partial charge in [-0.25, -0.2) is 12.8 Å². The first kappa shape index (κ1) is 20.5. The van der Waals surface area contributed by atoms with E-state index in [9.17, 15) is 17.6 Å². The largest absolute Gasteiger partial charge is 0.493 e. The standard InChI is InChI=1S/C18H21FN2O5S/c1-25-16-8-4-12(10-17(16)26-2)5-9-18(22)20-15-11-13(19)6-7-14(15)21-27(3,23)24/h4,6-8,10-11,21H,5,9H2,1-3H3,(H,20,22). The molecule has 0 heterocycles. The Balaban J connectivity index is 2.07. The number of nitrogens with one attached hydrogen (secondary N) is 2. The fourth-order valence-electron chi connectivity index (χ4n) is 2.42. The molecule has 0 bridgehead atoms. The molecule has 146 valence electrons. The number of ether oxygens (including phenoxy) is 2. The molecule has 7 nitrogen and oxygen atoms in total. The van der Waals surface area contributed by atoms with Crippen LogP contribution < -0.4 is 19.5 Å². The molecule has 0 atom stereocenters. The van der Waals surface area contributed by atoms with Crippen molar-refractivity contribution in [1.82, 2.24) is 0 Å². The first-order valence-corrected chi connectivity index (χ1v) is 9.89. The van der Waals surface area contributed by atoms with Crippen LogP contribution in [0.5, 0.6) is 11.5 Å². The number of sulfonamides is 1. The Morgan fingerprint density at radius 1 is 1.04 bits per heavy atom. The average molecular weight is 396 g/mol. The summed E-state index contributed by atoms with van der Waals surface area (Å²) in [4.78, 5) is 12.2. The lowest BCUT2D eigenvalue weighted by atomic mass is 10.1. The van der Waals surface area contributed by atoms with E-state index < -0.39 is 15.8 Å². The lowest BCUT2D eigenvalue weighted by Crippen LogP contribution is -2.16. The van der Waals surface area contributed by atoms with Crippen molar-refractivity contribution >= 4 is 27.3 Å². The van der Waals surface area contributed by atoms with Gasteiger partial charge in [-0.2, -0.15) is 0 Å². The molecule has 2 N–H and O–H groups in total. The Labute approximate surface area is 157 Å². The van der Waals surface area contributed by atoms with Gasteiger partial charge in [-0.1, -0.05) is 6.07 Å². The zero-order valence-electron chi connectivity index (χ0n) is 15.2. The van der Waals surface area contributed by atoms with Gasteiger partial charge in [-0.05, 0) is 42.3 Å². The maximum atomic E-state index is 13.5. The summed E-state index contributed by atoms with van der Waals surface area (Å²) in [7, 11) is -0.511. The average Bonchev–Trinajstić information content (AvgIpc) is 2.61. The first-order valence-electron chi connectivity index (χ1n) is 8.00. The highest BCUT2D eigenvalue weighted by Gasteiger charge is 2.12. The first-order chi connectivity index (χ1) is 12.7. The molecule has 9 heteroatoms. The van der Waals surface area contributed by atoms with E-state index in [2.05, 4.69) is 10.0 Å². The minimum Gasteiger partial charge on any atom is -0.493 e. The Morgan fingerprint density at radius 2 is 1.74 bits per heavy atom. The quantitative estimate of drug-likeness (QED) is 0.716. The molecule has 2 rings (SSSR count). The van der Waals surface area contributed by atoms with Gasteiger partial charge in [0.15, 0.2) is 11.5 Å². The third-order valence-electron chi connectivity index (χ3n) is 3.64. The fraction of sp³-hybridized carbons (Fsp3) is 0.278. The number of halogens is 1. The van der Waals surface area contributed by atoms with Gasteiger partial charge in [0.2, 0.25) is 15.9 Å². The van der Waals surface area contributed by atoms with E-state index in [0.29, 0.717) is 17.9 Å². The Morgan fingerprint density at radius 3 is 2.37 bits per heavy atom. The SMILES string of the molecule is COc1ccc(CCC(=O)Nc2cc(F)ccc2NS(C)(=O)=O)cc1OC. The summed E-state index contributed by atoms with van der Waals surface area (Å²) in [6.45, 7) is 0. The molecule has 27 heavy (non-hydrogen) atoms. The molecular weight excluding hydrogens is 375 g/mol. The summed E-state index contributed by atoms with van der Waals surface area (Å²) in [5.41, 5.74) is 1.01. The molecule has 2 aromatic carbocycles. The van der Waals surface area contributed by atoms with E-state index in [1.807, 2.05) is 6.07 Å². The molecule has 0 saturated heterocycles. The maximum absolute atomic E-state index is 13.5. The number of amides is 1. The minimum atomic E-state index is -3.57. The Bertz CT molecular complexity index is 931. The summed E-state index contributed by atoms with van der Waals surface area (Å²) in [5.74, 6) is 0.165. The number of carbonyl (C=O) groups is 1. The Hall–Kier alpha value is -2.81. The van der Waals surface area contributed by atoms with Crippen molar-refractivity contribution in [3.05, 3.63) is 47.8 Å². The third kappa shape index (κ3) is 6.14. The van der Waals surface area contributed by atoms with E-state index in [1.165, 1.54) is 20.3 Å². The zero-order valence-corrected chi connectivity index (χ0v) is 16.0. The molecule has 0 aliphatic rings. The van der Waals surface area contributed by atoms with E-state index >= 15 is 0 Å². The lowest BCUT2D eigenvalue weighted by molar-refractivity contribution is -0.116. The van der Waals surface area contributed by atoms with Crippen molar-refractivity contribution in [2.75, 3.05) is 30.5 Å². The normalized spacial score (nSPS) is 11.0. The summed E-state index contributed by atoms with van der Waals surface area (Å²) in [6.07, 6.45) is 1.50. The highest BCUT2D eigenvalue weighted by Crippen LogP contribution is 2.28. The van der Waals surface area contributed by atoms with Crippen LogP contribution in [0.15, 0.2) is 36.4 Å². The van der Waals surface area contributed by atoms with Gasteiger partial charge in [0, 0.05) is 6.42 Å². The van der Waals surface area contributed by atoms with Crippen molar-refractivity contribution in [3.63, 3.8) is 0 Å². The number of rotatable bonds is 8. The van der Waals surface area contributed by atoms with Crippen LogP contribution in [0.4, 0.5) is 15.8 Å². The summed E-state index contributed by atoms with van der Waals surface area (Å²) < 4.78 is 48.9. The number of benzene rings is 2. The smallest absolute Gasteiger partial charge is 0.229 e. The van der Waals surface area contributed by atoms with Gasteiger partial charge in [0.05, 0.1) is 31.9 Å². The number of methoxy groups -OCH3 is 2. The number of anilines is 2. The van der Waals surface area contributed by atoms with Crippen LogP contribution >= 0.6 is 0 Å². The number of hydrogen-bond acceptors (Lipinski definition) is 5. The monoisotopic (exact) mass is 396 g/mol. The molecular formula is C18H21FN2O5S. The van der Waals surface area contributed by atoms with Crippen LogP contribution in [-0.2, 0) is 21.2 Å². The van der Waals surface area contributed by atoms with Crippen LogP contribution in [0.3, 0.4) is 0 Å². The lowest BCUT2D eigenvalue weighted by Gasteiger charge is -2.13. The van der Waals surface area contributed by atoms with Crippen molar-refractivity contribution in [3.8, 4) is 11.5 Å². The van der Waals surface area contributed by atoms with Gasteiger partial charge in [0.1, 0.15) is 5.82 Å². The molecule has 0 spiro atoms. The van der Waals surface area contributed by atoms with E-state index in [1.54, 1.807) is 12.1 Å². The van der Waals surface area contributed by atoms with Crippen LogP contribution in [-0.4, -0.2) is 34.8 Å². The van der Waals surface area contributed by atoms with Crippen molar-refractivity contribution < 1.29 is 27.1 Å². The zero-order chi connectivity index (χ0) is 20.0. The van der Waals surface area contributed by atoms with Gasteiger partial charge in [-0.15, -0.1) is 0 Å². The molecule has 1 amide bonds. The van der Waals surface area contributed by atoms with Crippen molar-refractivity contribution in [1.29, 1.82) is 0 Å². The highest BCUT2D eigenvalue weighted by molar-refractivity contribution is 7.92. The van der Waals surface area contributed by atoms with E-state index in [-0.39, 0.29) is 23.7 Å². The van der Waals surface area contributed by atoms with Crippen molar-refractivity contribution in [2.45, 2.75) is 12.8 Å². The van der Waals surface area contributed by atoms with E-state index in [0.717, 1.165) is 24.0 Å². The summed E-state index contributed by atoms with van der Waals surface area (Å²) >= 11 is 0. The summed E-state index contributed by atoms with van der Waals surface area (Å²) in [5, 5.41) is 2.53. The fourth-order valence-corrected chi connectivity index (χ4v) is 2.99. The predicted molar refractivity (Wildman–Crippen MR) is 101 cm³/mol. The third-order valence-corrected chi connectivity index (χ3v) is 4.23. The topological polar surface area (TPSA) is 93.7 Å². The number of hydrogen-bond donors (Lipinski definition) is 2. The summed E-state index contributed by atoms with van der Waals surface area (Å²) in [6, 6.07) is 8.74. The van der Waals surface area contributed by atoms with Crippen LogP contribution in [0, 0.1) is 5.82 Å². The number of carbonyl (C=O) groups excluding carboxylic acids is 1. The molecule has 2 aromatic rings. The molecule has 0 saturated carbocycles. The minimum absolute atomic E-state index is 0.0535.